The lowest BCUT2D eigenvalue weighted by molar-refractivity contribution is -0.142. The Morgan fingerprint density at radius 1 is 0.857 bits per heavy atom. The van der Waals surface area contributed by atoms with Crippen LogP contribution in [0.3, 0.4) is 0 Å². The van der Waals surface area contributed by atoms with Crippen molar-refractivity contribution in [1.29, 1.82) is 0 Å². The molecule has 3 amide bonds. The SMILES string of the molecule is CC(C)CC(NC(=O)C(C)N)C(=O)NC(CCCCN)C(=O)NC(Cc1ccc(O)cc1)C(=O)O. The quantitative estimate of drug-likeness (QED) is 0.166. The molecule has 35 heavy (non-hydrogen) atoms. The van der Waals surface area contributed by atoms with Crippen molar-refractivity contribution in [3.8, 4) is 5.75 Å². The van der Waals surface area contributed by atoms with Crippen LogP contribution in [0.4, 0.5) is 0 Å². The van der Waals surface area contributed by atoms with Crippen LogP contribution in [0.15, 0.2) is 24.3 Å². The van der Waals surface area contributed by atoms with Crippen LogP contribution in [0.5, 0.6) is 5.75 Å². The molecule has 0 saturated carbocycles. The topological polar surface area (TPSA) is 197 Å². The van der Waals surface area contributed by atoms with E-state index in [0.717, 1.165) is 0 Å². The Kier molecular flexibility index (Phi) is 12.7. The monoisotopic (exact) mass is 493 g/mol. The number of unbranched alkanes of at least 4 members (excludes halogenated alkanes) is 1. The summed E-state index contributed by atoms with van der Waals surface area (Å²) in [5, 5.41) is 26.8. The minimum absolute atomic E-state index is 0.00869. The molecule has 4 unspecified atom stereocenters. The first-order chi connectivity index (χ1) is 16.4. The first-order valence-electron chi connectivity index (χ1n) is 11.8. The minimum Gasteiger partial charge on any atom is -0.508 e. The molecule has 11 heteroatoms. The average molecular weight is 494 g/mol. The zero-order valence-corrected chi connectivity index (χ0v) is 20.6. The molecule has 0 bridgehead atoms. The van der Waals surface area contributed by atoms with Gasteiger partial charge in [0.05, 0.1) is 6.04 Å². The number of phenolic OH excluding ortho intramolecular Hbond substituents is 1. The Hall–Kier alpha value is -3.18. The predicted octanol–water partition coefficient (Wildman–Crippen LogP) is -0.00400. The summed E-state index contributed by atoms with van der Waals surface area (Å²) in [6, 6.07) is 2.02. The number of aliphatic carboxylic acids is 1. The summed E-state index contributed by atoms with van der Waals surface area (Å²) in [5.74, 6) is -2.81. The lowest BCUT2D eigenvalue weighted by atomic mass is 10.0. The lowest BCUT2D eigenvalue weighted by Gasteiger charge is -2.26. The number of hydrogen-bond acceptors (Lipinski definition) is 7. The molecule has 0 aromatic heterocycles. The van der Waals surface area contributed by atoms with Gasteiger partial charge in [-0.15, -0.1) is 0 Å². The highest BCUT2D eigenvalue weighted by molar-refractivity contribution is 5.94. The van der Waals surface area contributed by atoms with Gasteiger partial charge in [-0.25, -0.2) is 4.79 Å². The summed E-state index contributed by atoms with van der Waals surface area (Å²) < 4.78 is 0. The summed E-state index contributed by atoms with van der Waals surface area (Å²) in [5.41, 5.74) is 11.8. The third kappa shape index (κ3) is 11.2. The highest BCUT2D eigenvalue weighted by Crippen LogP contribution is 2.12. The fraction of sp³-hybridized carbons (Fsp3) is 0.583. The van der Waals surface area contributed by atoms with E-state index in [1.54, 1.807) is 12.1 Å². The second-order valence-electron chi connectivity index (χ2n) is 9.10. The predicted molar refractivity (Wildman–Crippen MR) is 131 cm³/mol. The van der Waals surface area contributed by atoms with Crippen molar-refractivity contribution < 1.29 is 29.4 Å². The molecule has 0 aliphatic carbocycles. The van der Waals surface area contributed by atoms with E-state index in [1.165, 1.54) is 19.1 Å². The van der Waals surface area contributed by atoms with Crippen molar-refractivity contribution in [1.82, 2.24) is 16.0 Å². The van der Waals surface area contributed by atoms with Gasteiger partial charge in [-0.05, 0) is 62.8 Å². The second kappa shape index (κ2) is 14.9. The van der Waals surface area contributed by atoms with Gasteiger partial charge in [0.25, 0.3) is 0 Å². The van der Waals surface area contributed by atoms with E-state index in [4.69, 9.17) is 11.5 Å². The van der Waals surface area contributed by atoms with E-state index < -0.39 is 47.9 Å². The van der Waals surface area contributed by atoms with Crippen LogP contribution >= 0.6 is 0 Å². The van der Waals surface area contributed by atoms with Crippen LogP contribution in [-0.4, -0.2) is 64.6 Å². The van der Waals surface area contributed by atoms with Crippen molar-refractivity contribution in [2.45, 2.75) is 77.0 Å². The summed E-state index contributed by atoms with van der Waals surface area (Å²) in [6.07, 6.45) is 1.72. The summed E-state index contributed by atoms with van der Waals surface area (Å²) >= 11 is 0. The van der Waals surface area contributed by atoms with Gasteiger partial charge >= 0.3 is 5.97 Å². The summed E-state index contributed by atoms with van der Waals surface area (Å²) in [4.78, 5) is 49.9. The van der Waals surface area contributed by atoms with E-state index in [9.17, 15) is 29.4 Å². The molecule has 4 atom stereocenters. The number of phenols is 1. The van der Waals surface area contributed by atoms with Gasteiger partial charge in [0.2, 0.25) is 17.7 Å². The van der Waals surface area contributed by atoms with Gasteiger partial charge in [-0.2, -0.15) is 0 Å². The van der Waals surface area contributed by atoms with Crippen molar-refractivity contribution in [2.75, 3.05) is 6.54 Å². The number of rotatable bonds is 15. The molecule has 0 heterocycles. The Morgan fingerprint density at radius 3 is 1.91 bits per heavy atom. The molecule has 11 nitrogen and oxygen atoms in total. The van der Waals surface area contributed by atoms with Gasteiger partial charge in [-0.3, -0.25) is 14.4 Å². The second-order valence-corrected chi connectivity index (χ2v) is 9.10. The number of nitrogens with one attached hydrogen (secondary N) is 3. The van der Waals surface area contributed by atoms with E-state index in [-0.39, 0.29) is 24.5 Å². The van der Waals surface area contributed by atoms with Gasteiger partial charge < -0.3 is 37.6 Å². The van der Waals surface area contributed by atoms with Crippen molar-refractivity contribution in [3.05, 3.63) is 29.8 Å². The standard InChI is InChI=1S/C24H39N5O6/c1-14(2)12-19(28-21(31)15(3)26)23(33)27-18(6-4-5-11-25)22(32)29-20(24(34)35)13-16-7-9-17(30)10-8-16/h7-10,14-15,18-20,30H,4-6,11-13,25-26H2,1-3H3,(H,27,33)(H,28,31)(H,29,32)(H,34,35). The van der Waals surface area contributed by atoms with Crippen LogP contribution in [0.1, 0.15) is 52.0 Å². The molecule has 0 aliphatic rings. The molecule has 9 N–H and O–H groups in total. The van der Waals surface area contributed by atoms with Gasteiger partial charge in [-0.1, -0.05) is 26.0 Å². The Morgan fingerprint density at radius 2 is 1.40 bits per heavy atom. The summed E-state index contributed by atoms with van der Waals surface area (Å²) in [7, 11) is 0. The fourth-order valence-electron chi connectivity index (χ4n) is 3.38. The maximum atomic E-state index is 13.0. The van der Waals surface area contributed by atoms with E-state index in [1.807, 2.05) is 13.8 Å². The van der Waals surface area contributed by atoms with Crippen LogP contribution in [-0.2, 0) is 25.6 Å². The van der Waals surface area contributed by atoms with Crippen LogP contribution in [0.25, 0.3) is 0 Å². The van der Waals surface area contributed by atoms with Crippen LogP contribution < -0.4 is 27.4 Å². The highest BCUT2D eigenvalue weighted by atomic mass is 16.4. The van der Waals surface area contributed by atoms with Crippen LogP contribution in [0.2, 0.25) is 0 Å². The Balaban J connectivity index is 3.00. The number of carboxylic acids is 1. The minimum atomic E-state index is -1.25. The summed E-state index contributed by atoms with van der Waals surface area (Å²) in [6.45, 7) is 5.69. The van der Waals surface area contributed by atoms with Gasteiger partial charge in [0.1, 0.15) is 23.9 Å². The van der Waals surface area contributed by atoms with Crippen molar-refractivity contribution in [3.63, 3.8) is 0 Å². The van der Waals surface area contributed by atoms with E-state index in [0.29, 0.717) is 31.4 Å². The number of carbonyl (C=O) groups excluding carboxylic acids is 3. The maximum Gasteiger partial charge on any atom is 0.326 e. The lowest BCUT2D eigenvalue weighted by Crippen LogP contribution is -2.57. The number of nitrogens with two attached hydrogens (primary N) is 2. The zero-order chi connectivity index (χ0) is 26.5. The Bertz CT molecular complexity index is 843. The molecule has 0 spiro atoms. The van der Waals surface area contributed by atoms with Crippen LogP contribution in [0, 0.1) is 5.92 Å². The van der Waals surface area contributed by atoms with Crippen molar-refractivity contribution in [2.24, 2.45) is 17.4 Å². The number of amides is 3. The third-order valence-electron chi connectivity index (χ3n) is 5.32. The fourth-order valence-corrected chi connectivity index (χ4v) is 3.38. The largest absolute Gasteiger partial charge is 0.508 e. The number of hydrogen-bond donors (Lipinski definition) is 7. The molecular weight excluding hydrogens is 454 g/mol. The molecule has 0 fully saturated rings. The third-order valence-corrected chi connectivity index (χ3v) is 5.32. The molecule has 0 aliphatic heterocycles. The number of aromatic hydroxyl groups is 1. The first kappa shape index (κ1) is 29.9. The maximum absolute atomic E-state index is 13.0. The van der Waals surface area contributed by atoms with Crippen molar-refractivity contribution >= 4 is 23.7 Å². The van der Waals surface area contributed by atoms with E-state index >= 15 is 0 Å². The molecule has 1 aromatic rings. The first-order valence-corrected chi connectivity index (χ1v) is 11.8. The normalized spacial score (nSPS) is 14.5. The smallest absolute Gasteiger partial charge is 0.326 e. The average Bonchev–Trinajstić information content (AvgIpc) is 2.78. The molecule has 0 radical (unpaired) electrons. The molecular formula is C24H39N5O6. The Labute approximate surface area is 206 Å². The molecule has 1 aromatic carbocycles. The number of carboxylic acid groups (broad SMARTS) is 1. The molecule has 0 saturated heterocycles. The molecule has 196 valence electrons. The van der Waals surface area contributed by atoms with E-state index in [2.05, 4.69) is 16.0 Å². The number of carbonyl (C=O) groups is 4. The van der Waals surface area contributed by atoms with Gasteiger partial charge in [0.15, 0.2) is 0 Å². The molecule has 1 rings (SSSR count). The number of benzene rings is 1. The van der Waals surface area contributed by atoms with Gasteiger partial charge in [0, 0.05) is 6.42 Å². The highest BCUT2D eigenvalue weighted by Gasteiger charge is 2.30. The zero-order valence-electron chi connectivity index (χ0n) is 20.6.